The van der Waals surface area contributed by atoms with Crippen LogP contribution < -0.4 is 5.32 Å². The van der Waals surface area contributed by atoms with E-state index in [0.29, 0.717) is 12.1 Å². The average Bonchev–Trinajstić information content (AvgIpc) is 2.41. The fourth-order valence-corrected chi connectivity index (χ4v) is 1.56. The van der Waals surface area contributed by atoms with Crippen LogP contribution in [-0.2, 0) is 6.42 Å². The lowest BCUT2D eigenvalue weighted by Gasteiger charge is -2.04. The van der Waals surface area contributed by atoms with Crippen LogP contribution in [0.2, 0.25) is 0 Å². The third kappa shape index (κ3) is 3.41. The van der Waals surface area contributed by atoms with E-state index in [9.17, 15) is 4.79 Å². The van der Waals surface area contributed by atoms with Gasteiger partial charge in [-0.2, -0.15) is 0 Å². The molecule has 2 rings (SSSR count). The van der Waals surface area contributed by atoms with Crippen molar-refractivity contribution in [1.82, 2.24) is 10.3 Å². The van der Waals surface area contributed by atoms with E-state index in [4.69, 9.17) is 0 Å². The van der Waals surface area contributed by atoms with Crippen LogP contribution in [0.15, 0.2) is 54.9 Å². The number of carbonyl (C=O) groups excluding carboxylic acids is 1. The monoisotopic (exact) mass is 226 g/mol. The molecular formula is C14H14N2O. The van der Waals surface area contributed by atoms with Crippen molar-refractivity contribution >= 4 is 5.91 Å². The van der Waals surface area contributed by atoms with E-state index in [1.807, 2.05) is 42.5 Å². The van der Waals surface area contributed by atoms with Crippen LogP contribution in [0.5, 0.6) is 0 Å². The van der Waals surface area contributed by atoms with Gasteiger partial charge in [-0.05, 0) is 36.2 Å². The van der Waals surface area contributed by atoms with E-state index in [2.05, 4.69) is 10.3 Å². The molecule has 86 valence electrons. The number of hydrogen-bond donors (Lipinski definition) is 1. The Balaban J connectivity index is 1.82. The summed E-state index contributed by atoms with van der Waals surface area (Å²) in [5.74, 6) is -0.0281. The Bertz CT molecular complexity index is 468. The van der Waals surface area contributed by atoms with Crippen LogP contribution in [0.3, 0.4) is 0 Å². The largest absolute Gasteiger partial charge is 0.352 e. The predicted octanol–water partition coefficient (Wildman–Crippen LogP) is 2.05. The molecule has 1 amide bonds. The topological polar surface area (TPSA) is 42.0 Å². The second-order valence-electron chi connectivity index (χ2n) is 3.73. The summed E-state index contributed by atoms with van der Waals surface area (Å²) >= 11 is 0. The van der Waals surface area contributed by atoms with E-state index < -0.39 is 0 Å². The van der Waals surface area contributed by atoms with Crippen molar-refractivity contribution in [2.45, 2.75) is 6.42 Å². The van der Waals surface area contributed by atoms with E-state index in [-0.39, 0.29) is 5.91 Å². The first-order valence-corrected chi connectivity index (χ1v) is 5.58. The summed E-state index contributed by atoms with van der Waals surface area (Å²) in [6.07, 6.45) is 4.34. The van der Waals surface area contributed by atoms with Crippen LogP contribution in [0.25, 0.3) is 0 Å². The molecule has 0 unspecified atom stereocenters. The number of nitrogens with zero attached hydrogens (tertiary/aromatic N) is 1. The summed E-state index contributed by atoms with van der Waals surface area (Å²) in [6.45, 7) is 0.637. The first kappa shape index (κ1) is 11.3. The second kappa shape index (κ2) is 5.80. The predicted molar refractivity (Wildman–Crippen MR) is 66.7 cm³/mol. The maximum atomic E-state index is 11.7. The number of benzene rings is 1. The Kier molecular flexibility index (Phi) is 3.86. The van der Waals surface area contributed by atoms with E-state index in [1.165, 1.54) is 5.56 Å². The standard InChI is InChI=1S/C14H14N2O/c17-14(13-4-2-1-3-5-13)16-11-8-12-6-9-15-10-7-12/h1-7,9-10H,8,11H2,(H,16,17). The Morgan fingerprint density at radius 3 is 2.47 bits per heavy atom. The zero-order valence-corrected chi connectivity index (χ0v) is 9.47. The third-order valence-electron chi connectivity index (χ3n) is 2.48. The number of aromatic nitrogens is 1. The number of carbonyl (C=O) groups is 1. The lowest BCUT2D eigenvalue weighted by atomic mass is 10.2. The van der Waals surface area contributed by atoms with Gasteiger partial charge in [-0.25, -0.2) is 0 Å². The smallest absolute Gasteiger partial charge is 0.251 e. The van der Waals surface area contributed by atoms with Crippen molar-refractivity contribution in [3.63, 3.8) is 0 Å². The zero-order valence-electron chi connectivity index (χ0n) is 9.47. The van der Waals surface area contributed by atoms with Crippen molar-refractivity contribution in [1.29, 1.82) is 0 Å². The van der Waals surface area contributed by atoms with E-state index in [1.54, 1.807) is 12.4 Å². The molecule has 0 fully saturated rings. The molecule has 0 aliphatic rings. The molecule has 1 heterocycles. The number of hydrogen-bond acceptors (Lipinski definition) is 2. The summed E-state index contributed by atoms with van der Waals surface area (Å²) in [5.41, 5.74) is 1.87. The molecule has 3 nitrogen and oxygen atoms in total. The quantitative estimate of drug-likeness (QED) is 0.867. The van der Waals surface area contributed by atoms with Crippen LogP contribution in [0.4, 0.5) is 0 Å². The number of pyridine rings is 1. The fourth-order valence-electron chi connectivity index (χ4n) is 1.56. The Hall–Kier alpha value is -2.16. The Morgan fingerprint density at radius 2 is 1.76 bits per heavy atom. The highest BCUT2D eigenvalue weighted by Crippen LogP contribution is 1.99. The van der Waals surface area contributed by atoms with Crippen molar-refractivity contribution in [3.05, 3.63) is 66.0 Å². The molecule has 0 spiro atoms. The maximum absolute atomic E-state index is 11.7. The molecule has 0 saturated heterocycles. The van der Waals surface area contributed by atoms with Gasteiger partial charge in [0.05, 0.1) is 0 Å². The molecule has 17 heavy (non-hydrogen) atoms. The highest BCUT2D eigenvalue weighted by molar-refractivity contribution is 5.94. The van der Waals surface area contributed by atoms with Crippen molar-refractivity contribution in [2.24, 2.45) is 0 Å². The van der Waals surface area contributed by atoms with Crippen LogP contribution in [0, 0.1) is 0 Å². The normalized spacial score (nSPS) is 9.88. The van der Waals surface area contributed by atoms with Gasteiger partial charge < -0.3 is 5.32 Å². The molecule has 0 bridgehead atoms. The number of nitrogens with one attached hydrogen (secondary N) is 1. The van der Waals surface area contributed by atoms with Gasteiger partial charge in [-0.15, -0.1) is 0 Å². The maximum Gasteiger partial charge on any atom is 0.251 e. The van der Waals surface area contributed by atoms with Crippen LogP contribution in [-0.4, -0.2) is 17.4 Å². The Labute approximate surface area is 101 Å². The molecule has 0 aliphatic carbocycles. The summed E-state index contributed by atoms with van der Waals surface area (Å²) in [4.78, 5) is 15.7. The van der Waals surface area contributed by atoms with E-state index >= 15 is 0 Å². The first-order valence-electron chi connectivity index (χ1n) is 5.58. The summed E-state index contributed by atoms with van der Waals surface area (Å²) in [6, 6.07) is 13.1. The average molecular weight is 226 g/mol. The van der Waals surface area contributed by atoms with Crippen LogP contribution >= 0.6 is 0 Å². The second-order valence-corrected chi connectivity index (χ2v) is 3.73. The SMILES string of the molecule is O=C(NCCc1ccncc1)c1ccccc1. The highest BCUT2D eigenvalue weighted by Gasteiger charge is 2.02. The lowest BCUT2D eigenvalue weighted by Crippen LogP contribution is -2.25. The molecule has 3 heteroatoms. The summed E-state index contributed by atoms with van der Waals surface area (Å²) < 4.78 is 0. The Morgan fingerprint density at radius 1 is 1.06 bits per heavy atom. The van der Waals surface area contributed by atoms with Gasteiger partial charge in [0.2, 0.25) is 0 Å². The van der Waals surface area contributed by atoms with Gasteiger partial charge >= 0.3 is 0 Å². The van der Waals surface area contributed by atoms with Crippen molar-refractivity contribution in [2.75, 3.05) is 6.54 Å². The molecule has 1 aromatic heterocycles. The van der Waals surface area contributed by atoms with Crippen molar-refractivity contribution < 1.29 is 4.79 Å². The minimum atomic E-state index is -0.0281. The third-order valence-corrected chi connectivity index (χ3v) is 2.48. The fraction of sp³-hybridized carbons (Fsp3) is 0.143. The van der Waals surface area contributed by atoms with Gasteiger partial charge in [0.15, 0.2) is 0 Å². The summed E-state index contributed by atoms with van der Waals surface area (Å²) in [5, 5.41) is 2.89. The molecular weight excluding hydrogens is 212 g/mol. The van der Waals surface area contributed by atoms with Gasteiger partial charge in [-0.3, -0.25) is 9.78 Å². The molecule has 0 atom stereocenters. The summed E-state index contributed by atoms with van der Waals surface area (Å²) in [7, 11) is 0. The minimum Gasteiger partial charge on any atom is -0.352 e. The molecule has 0 aliphatic heterocycles. The lowest BCUT2D eigenvalue weighted by molar-refractivity contribution is 0.0954. The van der Waals surface area contributed by atoms with Crippen LogP contribution in [0.1, 0.15) is 15.9 Å². The molecule has 0 saturated carbocycles. The number of rotatable bonds is 4. The molecule has 0 radical (unpaired) electrons. The van der Waals surface area contributed by atoms with Crippen molar-refractivity contribution in [3.8, 4) is 0 Å². The molecule has 1 aromatic carbocycles. The number of amides is 1. The first-order chi connectivity index (χ1) is 8.36. The van der Waals surface area contributed by atoms with Gasteiger partial charge in [-0.1, -0.05) is 18.2 Å². The zero-order chi connectivity index (χ0) is 11.9. The molecule has 2 aromatic rings. The van der Waals surface area contributed by atoms with Gasteiger partial charge in [0.25, 0.3) is 5.91 Å². The van der Waals surface area contributed by atoms with E-state index in [0.717, 1.165) is 6.42 Å². The minimum absolute atomic E-state index is 0.0281. The molecule has 1 N–H and O–H groups in total. The van der Waals surface area contributed by atoms with Gasteiger partial charge in [0, 0.05) is 24.5 Å². The van der Waals surface area contributed by atoms with Gasteiger partial charge in [0.1, 0.15) is 0 Å². The highest BCUT2D eigenvalue weighted by atomic mass is 16.1.